The Bertz CT molecular complexity index is 1620. The highest BCUT2D eigenvalue weighted by atomic mass is 16.6. The summed E-state index contributed by atoms with van der Waals surface area (Å²) in [6, 6.07) is 24.1. The molecule has 5 rings (SSSR count). The number of aromatic nitrogens is 2. The topological polar surface area (TPSA) is 76.1 Å². The van der Waals surface area contributed by atoms with Crippen molar-refractivity contribution in [2.75, 3.05) is 0 Å². The molecule has 2 heterocycles. The summed E-state index contributed by atoms with van der Waals surface area (Å²) in [7, 11) is 2.03. The Kier molecular flexibility index (Phi) is 7.29. The van der Waals surface area contributed by atoms with Gasteiger partial charge >= 0.3 is 5.97 Å². The van der Waals surface area contributed by atoms with E-state index in [1.165, 1.54) is 0 Å². The normalized spacial score (nSPS) is 12.5. The highest BCUT2D eigenvalue weighted by molar-refractivity contribution is 5.88. The second-order valence-electron chi connectivity index (χ2n) is 11.1. The zero-order chi connectivity index (χ0) is 27.6. The van der Waals surface area contributed by atoms with Crippen molar-refractivity contribution in [3.63, 3.8) is 0 Å². The van der Waals surface area contributed by atoms with Crippen LogP contribution in [0.3, 0.4) is 0 Å². The first-order valence-electron chi connectivity index (χ1n) is 13.4. The van der Waals surface area contributed by atoms with Gasteiger partial charge in [-0.25, -0.2) is 0 Å². The van der Waals surface area contributed by atoms with E-state index < -0.39 is 5.60 Å². The number of aryl methyl sites for hydroxylation is 2. The van der Waals surface area contributed by atoms with E-state index in [0.717, 1.165) is 44.1 Å². The van der Waals surface area contributed by atoms with Crippen molar-refractivity contribution in [3.05, 3.63) is 107 Å². The molecular weight excluding hydrogens is 486 g/mol. The quantitative estimate of drug-likeness (QED) is 0.233. The number of esters is 1. The van der Waals surface area contributed by atoms with Crippen LogP contribution in [0.1, 0.15) is 55.5 Å². The van der Waals surface area contributed by atoms with E-state index in [2.05, 4.69) is 45.2 Å². The third kappa shape index (κ3) is 6.06. The molecule has 0 saturated heterocycles. The molecule has 1 unspecified atom stereocenters. The van der Waals surface area contributed by atoms with Crippen molar-refractivity contribution in [2.24, 2.45) is 7.05 Å². The van der Waals surface area contributed by atoms with Crippen LogP contribution >= 0.6 is 0 Å². The molecule has 6 heteroatoms. The summed E-state index contributed by atoms with van der Waals surface area (Å²) in [5, 5.41) is 5.47. The van der Waals surface area contributed by atoms with E-state index in [1.54, 1.807) is 0 Å². The monoisotopic (exact) mass is 521 g/mol. The van der Waals surface area contributed by atoms with E-state index in [0.29, 0.717) is 12.8 Å². The number of nitrogens with one attached hydrogen (secondary N) is 2. The molecule has 6 nitrogen and oxygen atoms in total. The summed E-state index contributed by atoms with van der Waals surface area (Å²) in [6.45, 7) is 5.61. The van der Waals surface area contributed by atoms with E-state index in [1.807, 2.05) is 82.7 Å². The molecule has 1 amide bonds. The summed E-state index contributed by atoms with van der Waals surface area (Å²) in [5.41, 5.74) is 5.64. The fraction of sp³-hybridized carbons (Fsp3) is 0.273. The molecule has 0 aliphatic carbocycles. The van der Waals surface area contributed by atoms with Gasteiger partial charge in [0, 0.05) is 42.3 Å². The molecule has 0 saturated carbocycles. The standard InChI is InChI=1S/C33H35N3O3/c1-33(2,3)39-30(38)16-14-25-21-34-28-15-13-22(19-27(25)28)20-29(37)35-31(23-9-6-5-7-10-23)26-12-8-11-24-17-18-36(4)32(24)26/h5-13,15,17-19,21,31,34H,14,16,20H2,1-4H3,(H,35,37). The molecule has 0 fully saturated rings. The molecule has 0 spiro atoms. The number of nitrogens with zero attached hydrogens (tertiary/aromatic N) is 1. The number of hydrogen-bond acceptors (Lipinski definition) is 3. The lowest BCUT2D eigenvalue weighted by Crippen LogP contribution is -2.31. The second-order valence-corrected chi connectivity index (χ2v) is 11.1. The van der Waals surface area contributed by atoms with Crippen LogP contribution in [-0.2, 0) is 34.2 Å². The SMILES string of the molecule is Cn1ccc2cccc(C(NC(=O)Cc3ccc4[nH]cc(CCC(=O)OC(C)(C)C)c4c3)c3ccccc3)c21. The van der Waals surface area contributed by atoms with Gasteiger partial charge in [0.15, 0.2) is 0 Å². The van der Waals surface area contributed by atoms with Crippen LogP contribution in [0.2, 0.25) is 0 Å². The van der Waals surface area contributed by atoms with Crippen LogP contribution in [-0.4, -0.2) is 27.0 Å². The van der Waals surface area contributed by atoms with Gasteiger partial charge in [-0.15, -0.1) is 0 Å². The van der Waals surface area contributed by atoms with E-state index in [-0.39, 0.29) is 24.3 Å². The highest BCUT2D eigenvalue weighted by Gasteiger charge is 2.21. The van der Waals surface area contributed by atoms with Crippen molar-refractivity contribution < 1.29 is 14.3 Å². The molecule has 0 aliphatic heterocycles. The highest BCUT2D eigenvalue weighted by Crippen LogP contribution is 2.30. The van der Waals surface area contributed by atoms with Crippen LogP contribution in [0.5, 0.6) is 0 Å². The number of rotatable bonds is 8. The zero-order valence-corrected chi connectivity index (χ0v) is 23.0. The number of H-pyrrole nitrogens is 1. The minimum absolute atomic E-state index is 0.0553. The van der Waals surface area contributed by atoms with Crippen molar-refractivity contribution >= 4 is 33.7 Å². The summed E-state index contributed by atoms with van der Waals surface area (Å²) < 4.78 is 7.56. The third-order valence-electron chi connectivity index (χ3n) is 6.89. The average Bonchev–Trinajstić information content (AvgIpc) is 3.48. The van der Waals surface area contributed by atoms with E-state index in [4.69, 9.17) is 4.74 Å². The molecule has 1 atom stereocenters. The molecule has 3 aromatic carbocycles. The smallest absolute Gasteiger partial charge is 0.306 e. The van der Waals surface area contributed by atoms with Gasteiger partial charge in [-0.3, -0.25) is 9.59 Å². The van der Waals surface area contributed by atoms with Crippen LogP contribution < -0.4 is 5.32 Å². The van der Waals surface area contributed by atoms with Gasteiger partial charge in [-0.05, 0) is 67.5 Å². The van der Waals surface area contributed by atoms with Crippen LogP contribution in [0.25, 0.3) is 21.8 Å². The Labute approximate surface area is 229 Å². The van der Waals surface area contributed by atoms with Gasteiger partial charge in [0.25, 0.3) is 0 Å². The van der Waals surface area contributed by atoms with Gasteiger partial charge in [0.1, 0.15) is 5.60 Å². The number of para-hydroxylation sites is 1. The Morgan fingerprint density at radius 2 is 1.79 bits per heavy atom. The maximum Gasteiger partial charge on any atom is 0.306 e. The molecule has 0 aliphatic rings. The first-order valence-corrected chi connectivity index (χ1v) is 13.4. The molecule has 0 radical (unpaired) electrons. The zero-order valence-electron chi connectivity index (χ0n) is 23.0. The first kappa shape index (κ1) is 26.3. The lowest BCUT2D eigenvalue weighted by molar-refractivity contribution is -0.154. The Morgan fingerprint density at radius 3 is 2.56 bits per heavy atom. The predicted octanol–water partition coefficient (Wildman–Crippen LogP) is 6.38. The lowest BCUT2D eigenvalue weighted by atomic mass is 9.96. The van der Waals surface area contributed by atoms with Crippen LogP contribution in [0.4, 0.5) is 0 Å². The van der Waals surface area contributed by atoms with Crippen molar-refractivity contribution in [1.82, 2.24) is 14.9 Å². The minimum Gasteiger partial charge on any atom is -0.460 e. The summed E-state index contributed by atoms with van der Waals surface area (Å²) in [4.78, 5) is 29.0. The summed E-state index contributed by atoms with van der Waals surface area (Å²) >= 11 is 0. The van der Waals surface area contributed by atoms with E-state index >= 15 is 0 Å². The molecule has 200 valence electrons. The number of ether oxygens (including phenoxy) is 1. The molecule has 2 aromatic heterocycles. The number of carbonyl (C=O) groups excluding carboxylic acids is 2. The van der Waals surface area contributed by atoms with E-state index in [9.17, 15) is 9.59 Å². The third-order valence-corrected chi connectivity index (χ3v) is 6.89. The lowest BCUT2D eigenvalue weighted by Gasteiger charge is -2.21. The number of benzene rings is 3. The molecular formula is C33H35N3O3. The number of aromatic amines is 1. The first-order chi connectivity index (χ1) is 18.7. The van der Waals surface area contributed by atoms with Crippen molar-refractivity contribution in [2.45, 2.75) is 51.7 Å². The van der Waals surface area contributed by atoms with Gasteiger partial charge < -0.3 is 19.6 Å². The number of carbonyl (C=O) groups is 2. The Balaban J connectivity index is 1.36. The Morgan fingerprint density at radius 1 is 1.00 bits per heavy atom. The van der Waals surface area contributed by atoms with Gasteiger partial charge in [-0.2, -0.15) is 0 Å². The van der Waals surface area contributed by atoms with Gasteiger partial charge in [-0.1, -0.05) is 54.6 Å². The maximum atomic E-state index is 13.4. The Hall–Kier alpha value is -4.32. The number of amides is 1. The predicted molar refractivity (Wildman–Crippen MR) is 156 cm³/mol. The van der Waals surface area contributed by atoms with Crippen molar-refractivity contribution in [3.8, 4) is 0 Å². The maximum absolute atomic E-state index is 13.4. The largest absolute Gasteiger partial charge is 0.460 e. The number of fused-ring (bicyclic) bond motifs is 2. The number of hydrogen-bond donors (Lipinski definition) is 2. The average molecular weight is 522 g/mol. The van der Waals surface area contributed by atoms with Crippen molar-refractivity contribution in [1.29, 1.82) is 0 Å². The fourth-order valence-corrected chi connectivity index (χ4v) is 5.18. The fourth-order valence-electron chi connectivity index (χ4n) is 5.18. The van der Waals surface area contributed by atoms with Gasteiger partial charge in [0.05, 0.1) is 18.0 Å². The molecule has 5 aromatic rings. The minimum atomic E-state index is -0.499. The van der Waals surface area contributed by atoms with Crippen LogP contribution in [0, 0.1) is 0 Å². The molecule has 39 heavy (non-hydrogen) atoms. The summed E-state index contributed by atoms with van der Waals surface area (Å²) in [5.74, 6) is -0.271. The summed E-state index contributed by atoms with van der Waals surface area (Å²) in [6.07, 6.45) is 5.11. The molecule has 0 bridgehead atoms. The van der Waals surface area contributed by atoms with Gasteiger partial charge in [0.2, 0.25) is 5.91 Å². The van der Waals surface area contributed by atoms with Crippen LogP contribution in [0.15, 0.2) is 85.2 Å². The molecule has 2 N–H and O–H groups in total. The second kappa shape index (κ2) is 10.8.